The van der Waals surface area contributed by atoms with Crippen LogP contribution in [0.4, 0.5) is 5.82 Å². The van der Waals surface area contributed by atoms with Crippen LogP contribution < -0.4 is 5.73 Å². The minimum Gasteiger partial charge on any atom is -0.382 e. The van der Waals surface area contributed by atoms with Crippen molar-refractivity contribution >= 4 is 17.6 Å². The molecule has 7 nitrogen and oxygen atoms in total. The molecule has 3 N–H and O–H groups in total. The number of nitrogens with two attached hydrogens (primary N) is 1. The van der Waals surface area contributed by atoms with Crippen LogP contribution in [0.15, 0.2) is 6.07 Å². The molecule has 0 aromatic carbocycles. The van der Waals surface area contributed by atoms with E-state index in [4.69, 9.17) is 5.73 Å². The van der Waals surface area contributed by atoms with E-state index in [1.54, 1.807) is 4.90 Å². The van der Waals surface area contributed by atoms with Gasteiger partial charge in [-0.1, -0.05) is 0 Å². The van der Waals surface area contributed by atoms with Gasteiger partial charge in [0.1, 0.15) is 11.5 Å². The van der Waals surface area contributed by atoms with Crippen molar-refractivity contribution in [3.05, 3.63) is 11.8 Å². The highest BCUT2D eigenvalue weighted by Crippen LogP contribution is 2.23. The first-order chi connectivity index (χ1) is 8.65. The van der Waals surface area contributed by atoms with Gasteiger partial charge in [0, 0.05) is 38.2 Å². The summed E-state index contributed by atoms with van der Waals surface area (Å²) in [5.74, 6) is 0.420. The van der Waals surface area contributed by atoms with Crippen molar-refractivity contribution < 1.29 is 9.59 Å². The zero-order chi connectivity index (χ0) is 12.7. The lowest BCUT2D eigenvalue weighted by Gasteiger charge is -2.37. The number of amides is 2. The maximum atomic E-state index is 12.2. The second kappa shape index (κ2) is 4.01. The van der Waals surface area contributed by atoms with Crippen molar-refractivity contribution in [2.45, 2.75) is 18.9 Å². The lowest BCUT2D eigenvalue weighted by molar-refractivity contribution is -0.130. The molecule has 2 amide bonds. The van der Waals surface area contributed by atoms with Crippen LogP contribution in [0.3, 0.4) is 0 Å². The van der Waals surface area contributed by atoms with E-state index in [9.17, 15) is 9.59 Å². The number of fused-ring (bicyclic) bond motifs is 1. The Labute approximate surface area is 104 Å². The summed E-state index contributed by atoms with van der Waals surface area (Å²) in [6.07, 6.45) is 1.44. The van der Waals surface area contributed by atoms with Crippen molar-refractivity contribution in [1.29, 1.82) is 0 Å². The van der Waals surface area contributed by atoms with Crippen LogP contribution in [0.2, 0.25) is 0 Å². The summed E-state index contributed by atoms with van der Waals surface area (Å²) in [5, 5.41) is 6.38. The average Bonchev–Trinajstić information content (AvgIpc) is 2.95. The number of carbonyl (C=O) groups excluding carboxylic acids is 2. The molecule has 0 spiro atoms. The molecular formula is C11H15N5O2. The highest BCUT2D eigenvalue weighted by molar-refractivity contribution is 5.93. The van der Waals surface area contributed by atoms with Gasteiger partial charge in [0.25, 0.3) is 5.91 Å². The molecule has 0 radical (unpaired) electrons. The topological polar surface area (TPSA) is 95.3 Å². The fourth-order valence-corrected chi connectivity index (χ4v) is 2.67. The zero-order valence-corrected chi connectivity index (χ0v) is 9.93. The number of nitrogens with zero attached hydrogens (tertiary/aromatic N) is 3. The van der Waals surface area contributed by atoms with Crippen molar-refractivity contribution in [3.8, 4) is 0 Å². The molecule has 7 heteroatoms. The Morgan fingerprint density at radius 1 is 1.50 bits per heavy atom. The first kappa shape index (κ1) is 11.1. The molecule has 1 aromatic rings. The largest absolute Gasteiger partial charge is 0.382 e. The number of rotatable bonds is 1. The van der Waals surface area contributed by atoms with Gasteiger partial charge in [-0.3, -0.25) is 14.7 Å². The molecule has 2 fully saturated rings. The third-order valence-electron chi connectivity index (χ3n) is 3.61. The van der Waals surface area contributed by atoms with Gasteiger partial charge in [-0.05, 0) is 6.42 Å². The number of anilines is 1. The van der Waals surface area contributed by atoms with Gasteiger partial charge in [0.05, 0.1) is 0 Å². The molecule has 3 heterocycles. The van der Waals surface area contributed by atoms with Gasteiger partial charge in [-0.15, -0.1) is 0 Å². The number of aromatic amines is 1. The first-order valence-electron chi connectivity index (χ1n) is 6.05. The summed E-state index contributed by atoms with van der Waals surface area (Å²) in [6, 6.07) is 1.71. The predicted octanol–water partition coefficient (Wildman–Crippen LogP) is -0.561. The van der Waals surface area contributed by atoms with E-state index in [1.807, 2.05) is 4.90 Å². The molecule has 3 rings (SSSR count). The Bertz CT molecular complexity index is 497. The van der Waals surface area contributed by atoms with E-state index in [1.165, 1.54) is 6.07 Å². The quantitative estimate of drug-likeness (QED) is 0.697. The highest BCUT2D eigenvalue weighted by atomic mass is 16.2. The number of hydrogen-bond acceptors (Lipinski definition) is 4. The number of piperazine rings is 1. The van der Waals surface area contributed by atoms with E-state index in [2.05, 4.69) is 10.2 Å². The Balaban J connectivity index is 1.71. The van der Waals surface area contributed by atoms with Gasteiger partial charge in [0.2, 0.25) is 5.91 Å². The van der Waals surface area contributed by atoms with Crippen molar-refractivity contribution in [2.24, 2.45) is 0 Å². The van der Waals surface area contributed by atoms with Crippen LogP contribution in [-0.2, 0) is 4.79 Å². The number of nitrogens with one attached hydrogen (secondary N) is 1. The van der Waals surface area contributed by atoms with Crippen LogP contribution in [0.1, 0.15) is 23.3 Å². The average molecular weight is 249 g/mol. The Kier molecular flexibility index (Phi) is 2.46. The summed E-state index contributed by atoms with van der Waals surface area (Å²) < 4.78 is 0. The van der Waals surface area contributed by atoms with Crippen LogP contribution >= 0.6 is 0 Å². The predicted molar refractivity (Wildman–Crippen MR) is 63.6 cm³/mol. The number of hydrogen-bond donors (Lipinski definition) is 2. The SMILES string of the molecule is Nc1cc(C(=O)N2CCN3C(=O)CCC3C2)[nH]n1. The second-order valence-corrected chi connectivity index (χ2v) is 4.74. The second-order valence-electron chi connectivity index (χ2n) is 4.74. The lowest BCUT2D eigenvalue weighted by Crippen LogP contribution is -2.53. The third kappa shape index (κ3) is 1.71. The van der Waals surface area contributed by atoms with Crippen molar-refractivity contribution in [2.75, 3.05) is 25.4 Å². The van der Waals surface area contributed by atoms with Crippen molar-refractivity contribution in [3.63, 3.8) is 0 Å². The molecule has 2 aliphatic heterocycles. The van der Waals surface area contributed by atoms with E-state index in [0.29, 0.717) is 37.6 Å². The van der Waals surface area contributed by atoms with Crippen LogP contribution in [0, 0.1) is 0 Å². The molecule has 1 unspecified atom stereocenters. The molecule has 96 valence electrons. The summed E-state index contributed by atoms with van der Waals surface area (Å²) in [7, 11) is 0. The molecule has 0 bridgehead atoms. The maximum Gasteiger partial charge on any atom is 0.272 e. The van der Waals surface area contributed by atoms with E-state index in [-0.39, 0.29) is 17.9 Å². The summed E-state index contributed by atoms with van der Waals surface area (Å²) in [5.41, 5.74) is 5.89. The standard InChI is InChI=1S/C11H15N5O2/c12-9-5-8(13-14-9)11(18)15-3-4-16-7(6-15)1-2-10(16)17/h5,7H,1-4,6H2,(H3,12,13,14). The minimum atomic E-state index is -0.0989. The number of carbonyl (C=O) groups is 2. The van der Waals surface area contributed by atoms with Crippen LogP contribution in [0.5, 0.6) is 0 Å². The Hall–Kier alpha value is -2.05. The maximum absolute atomic E-state index is 12.2. The van der Waals surface area contributed by atoms with E-state index >= 15 is 0 Å². The van der Waals surface area contributed by atoms with Gasteiger partial charge < -0.3 is 15.5 Å². The van der Waals surface area contributed by atoms with Gasteiger partial charge in [-0.25, -0.2) is 0 Å². The molecule has 0 saturated carbocycles. The van der Waals surface area contributed by atoms with E-state index < -0.39 is 0 Å². The van der Waals surface area contributed by atoms with E-state index in [0.717, 1.165) is 6.42 Å². The molecular weight excluding hydrogens is 234 g/mol. The molecule has 1 aromatic heterocycles. The van der Waals surface area contributed by atoms with Gasteiger partial charge in [0.15, 0.2) is 0 Å². The first-order valence-corrected chi connectivity index (χ1v) is 6.05. The monoisotopic (exact) mass is 249 g/mol. The summed E-state index contributed by atoms with van der Waals surface area (Å²) in [6.45, 7) is 1.79. The lowest BCUT2D eigenvalue weighted by atomic mass is 10.1. The minimum absolute atomic E-state index is 0.0989. The molecule has 1 atom stereocenters. The van der Waals surface area contributed by atoms with Crippen LogP contribution in [0.25, 0.3) is 0 Å². The fourth-order valence-electron chi connectivity index (χ4n) is 2.67. The zero-order valence-electron chi connectivity index (χ0n) is 9.93. The Morgan fingerprint density at radius 2 is 2.33 bits per heavy atom. The number of aromatic nitrogens is 2. The van der Waals surface area contributed by atoms with Gasteiger partial charge in [-0.2, -0.15) is 5.10 Å². The molecule has 0 aliphatic carbocycles. The highest BCUT2D eigenvalue weighted by Gasteiger charge is 2.37. The Morgan fingerprint density at radius 3 is 3.06 bits per heavy atom. The fraction of sp³-hybridized carbons (Fsp3) is 0.545. The van der Waals surface area contributed by atoms with Gasteiger partial charge >= 0.3 is 0 Å². The van der Waals surface area contributed by atoms with Crippen molar-refractivity contribution in [1.82, 2.24) is 20.0 Å². The number of H-pyrrole nitrogens is 1. The molecule has 2 aliphatic rings. The number of nitrogen functional groups attached to an aromatic ring is 1. The summed E-state index contributed by atoms with van der Waals surface area (Å²) in [4.78, 5) is 27.4. The van der Waals surface area contributed by atoms with Crippen LogP contribution in [-0.4, -0.2) is 57.5 Å². The third-order valence-corrected chi connectivity index (χ3v) is 3.61. The molecule has 2 saturated heterocycles. The summed E-state index contributed by atoms with van der Waals surface area (Å²) >= 11 is 0. The normalized spacial score (nSPS) is 23.3. The smallest absolute Gasteiger partial charge is 0.272 e. The molecule has 18 heavy (non-hydrogen) atoms.